The molecule has 0 unspecified atom stereocenters. The number of nitrogens with one attached hydrogen (secondary N) is 1. The maximum atomic E-state index is 5.43. The van der Waals surface area contributed by atoms with E-state index in [1.807, 2.05) is 11.3 Å². The number of hydrogen-bond donors (Lipinski definition) is 2. The first kappa shape index (κ1) is 12.5. The van der Waals surface area contributed by atoms with Crippen LogP contribution in [0.2, 0.25) is 0 Å². The van der Waals surface area contributed by atoms with Crippen molar-refractivity contribution >= 4 is 34.8 Å². The highest BCUT2D eigenvalue weighted by molar-refractivity contribution is 7.13. The first-order valence-electron chi connectivity index (χ1n) is 5.59. The summed E-state index contributed by atoms with van der Waals surface area (Å²) in [6, 6.07) is 8.52. The molecule has 17 heavy (non-hydrogen) atoms. The van der Waals surface area contributed by atoms with Crippen LogP contribution in [0, 0.1) is 0 Å². The minimum atomic E-state index is 0.691. The summed E-state index contributed by atoms with van der Waals surface area (Å²) in [7, 11) is 0. The zero-order chi connectivity index (χ0) is 11.9. The van der Waals surface area contributed by atoms with Gasteiger partial charge in [0.15, 0.2) is 0 Å². The second-order valence-corrected chi connectivity index (χ2v) is 5.80. The SMILES string of the molecule is NCCNCc1ccc(/C=C/c2cccs2)s1. The van der Waals surface area contributed by atoms with Crippen molar-refractivity contribution in [3.8, 4) is 0 Å². The maximum absolute atomic E-state index is 5.43. The molecule has 2 rings (SSSR count). The summed E-state index contributed by atoms with van der Waals surface area (Å²) in [5, 5.41) is 5.39. The summed E-state index contributed by atoms with van der Waals surface area (Å²) in [5.41, 5.74) is 5.43. The summed E-state index contributed by atoms with van der Waals surface area (Å²) in [6.07, 6.45) is 4.33. The molecule has 0 aromatic carbocycles. The van der Waals surface area contributed by atoms with Gasteiger partial charge in [0.25, 0.3) is 0 Å². The van der Waals surface area contributed by atoms with Crippen LogP contribution in [0.1, 0.15) is 14.6 Å². The van der Waals surface area contributed by atoms with Gasteiger partial charge in [-0.3, -0.25) is 0 Å². The molecule has 0 spiro atoms. The Morgan fingerprint density at radius 1 is 1.18 bits per heavy atom. The van der Waals surface area contributed by atoms with Gasteiger partial charge in [-0.1, -0.05) is 6.07 Å². The molecule has 0 bridgehead atoms. The molecule has 0 saturated carbocycles. The third-order valence-electron chi connectivity index (χ3n) is 2.26. The Balaban J connectivity index is 1.89. The molecule has 2 heterocycles. The summed E-state index contributed by atoms with van der Waals surface area (Å²) < 4.78 is 0. The van der Waals surface area contributed by atoms with Crippen molar-refractivity contribution in [3.63, 3.8) is 0 Å². The average Bonchev–Trinajstić information content (AvgIpc) is 2.98. The van der Waals surface area contributed by atoms with Crippen molar-refractivity contribution in [2.24, 2.45) is 5.73 Å². The molecule has 2 nitrogen and oxygen atoms in total. The Kier molecular flexibility index (Phi) is 4.94. The van der Waals surface area contributed by atoms with E-state index in [-0.39, 0.29) is 0 Å². The Labute approximate surface area is 110 Å². The molecule has 0 atom stereocenters. The molecule has 0 fully saturated rings. The van der Waals surface area contributed by atoms with E-state index in [0.29, 0.717) is 6.54 Å². The van der Waals surface area contributed by atoms with Gasteiger partial charge in [0.1, 0.15) is 0 Å². The lowest BCUT2D eigenvalue weighted by atomic mass is 10.3. The molecule has 90 valence electrons. The van der Waals surface area contributed by atoms with E-state index in [2.05, 4.69) is 47.1 Å². The van der Waals surface area contributed by atoms with Crippen LogP contribution >= 0.6 is 22.7 Å². The zero-order valence-electron chi connectivity index (χ0n) is 9.56. The minimum absolute atomic E-state index is 0.691. The monoisotopic (exact) mass is 264 g/mol. The van der Waals surface area contributed by atoms with Gasteiger partial charge in [-0.05, 0) is 35.7 Å². The highest BCUT2D eigenvalue weighted by Gasteiger charge is 1.97. The van der Waals surface area contributed by atoms with Crippen molar-refractivity contribution in [3.05, 3.63) is 44.3 Å². The van der Waals surface area contributed by atoms with E-state index in [9.17, 15) is 0 Å². The van der Waals surface area contributed by atoms with E-state index >= 15 is 0 Å². The topological polar surface area (TPSA) is 38.0 Å². The Morgan fingerprint density at radius 3 is 2.82 bits per heavy atom. The first-order valence-corrected chi connectivity index (χ1v) is 7.29. The van der Waals surface area contributed by atoms with E-state index < -0.39 is 0 Å². The average molecular weight is 264 g/mol. The molecular weight excluding hydrogens is 248 g/mol. The number of hydrogen-bond acceptors (Lipinski definition) is 4. The molecule has 3 N–H and O–H groups in total. The maximum Gasteiger partial charge on any atom is 0.0300 e. The first-order chi connectivity index (χ1) is 8.38. The van der Waals surface area contributed by atoms with Gasteiger partial charge >= 0.3 is 0 Å². The summed E-state index contributed by atoms with van der Waals surface area (Å²) in [6.45, 7) is 2.48. The highest BCUT2D eigenvalue weighted by Crippen LogP contribution is 2.20. The van der Waals surface area contributed by atoms with Crippen LogP contribution in [0.3, 0.4) is 0 Å². The van der Waals surface area contributed by atoms with Crippen molar-refractivity contribution in [1.82, 2.24) is 5.32 Å². The van der Waals surface area contributed by atoms with Gasteiger partial charge in [-0.15, -0.1) is 22.7 Å². The lowest BCUT2D eigenvalue weighted by Gasteiger charge is -1.98. The van der Waals surface area contributed by atoms with Crippen LogP contribution in [0.25, 0.3) is 12.2 Å². The summed E-state index contributed by atoms with van der Waals surface area (Å²) in [4.78, 5) is 3.94. The molecular formula is C13H16N2S2. The number of thiophene rings is 2. The van der Waals surface area contributed by atoms with Gasteiger partial charge < -0.3 is 11.1 Å². The van der Waals surface area contributed by atoms with Crippen molar-refractivity contribution in [1.29, 1.82) is 0 Å². The Morgan fingerprint density at radius 2 is 2.06 bits per heavy atom. The molecule has 2 aromatic rings. The predicted octanol–water partition coefficient (Wildman–Crippen LogP) is 3.03. The van der Waals surface area contributed by atoms with E-state index in [1.54, 1.807) is 11.3 Å². The Bertz CT molecular complexity index is 457. The lowest BCUT2D eigenvalue weighted by molar-refractivity contribution is 0.702. The Hall–Kier alpha value is -0.940. The van der Waals surface area contributed by atoms with Gasteiger partial charge in [-0.2, -0.15) is 0 Å². The molecule has 4 heteroatoms. The van der Waals surface area contributed by atoms with Crippen LogP contribution in [0.5, 0.6) is 0 Å². The van der Waals surface area contributed by atoms with E-state index in [0.717, 1.165) is 13.1 Å². The van der Waals surface area contributed by atoms with Crippen LogP contribution in [0.15, 0.2) is 29.6 Å². The fourth-order valence-corrected chi connectivity index (χ4v) is 2.95. The largest absolute Gasteiger partial charge is 0.329 e. The summed E-state index contributed by atoms with van der Waals surface area (Å²) >= 11 is 3.58. The van der Waals surface area contributed by atoms with Gasteiger partial charge in [0.05, 0.1) is 0 Å². The standard InChI is InChI=1S/C13H16N2S2/c14-7-8-15-10-13-6-5-12(17-13)4-3-11-2-1-9-16-11/h1-6,9,15H,7-8,10,14H2/b4-3+. The molecule has 0 amide bonds. The van der Waals surface area contributed by atoms with Crippen LogP contribution in [0.4, 0.5) is 0 Å². The third-order valence-corrected chi connectivity index (χ3v) is 4.15. The second kappa shape index (κ2) is 6.71. The number of nitrogens with two attached hydrogens (primary N) is 1. The molecule has 0 radical (unpaired) electrons. The van der Waals surface area contributed by atoms with Gasteiger partial charge in [0, 0.05) is 34.3 Å². The molecule has 0 aliphatic heterocycles. The smallest absolute Gasteiger partial charge is 0.0300 e. The van der Waals surface area contributed by atoms with Crippen LogP contribution in [-0.4, -0.2) is 13.1 Å². The van der Waals surface area contributed by atoms with E-state index in [1.165, 1.54) is 14.6 Å². The highest BCUT2D eigenvalue weighted by atomic mass is 32.1. The quantitative estimate of drug-likeness (QED) is 0.787. The van der Waals surface area contributed by atoms with Crippen LogP contribution in [-0.2, 0) is 6.54 Å². The van der Waals surface area contributed by atoms with Crippen LogP contribution < -0.4 is 11.1 Å². The molecule has 0 saturated heterocycles. The van der Waals surface area contributed by atoms with Crippen molar-refractivity contribution in [2.45, 2.75) is 6.54 Å². The van der Waals surface area contributed by atoms with Crippen molar-refractivity contribution in [2.75, 3.05) is 13.1 Å². The molecule has 0 aliphatic rings. The summed E-state index contributed by atoms with van der Waals surface area (Å²) in [5.74, 6) is 0. The lowest BCUT2D eigenvalue weighted by Crippen LogP contribution is -2.21. The fraction of sp³-hybridized carbons (Fsp3) is 0.231. The van der Waals surface area contributed by atoms with Gasteiger partial charge in [-0.25, -0.2) is 0 Å². The number of rotatable bonds is 6. The van der Waals surface area contributed by atoms with Crippen molar-refractivity contribution < 1.29 is 0 Å². The van der Waals surface area contributed by atoms with Gasteiger partial charge in [0.2, 0.25) is 0 Å². The third kappa shape index (κ3) is 4.09. The fourth-order valence-electron chi connectivity index (χ4n) is 1.44. The molecule has 0 aliphatic carbocycles. The normalized spacial score (nSPS) is 11.4. The predicted molar refractivity (Wildman–Crippen MR) is 78.3 cm³/mol. The second-order valence-electron chi connectivity index (χ2n) is 3.62. The van der Waals surface area contributed by atoms with E-state index in [4.69, 9.17) is 5.73 Å². The zero-order valence-corrected chi connectivity index (χ0v) is 11.2. The minimum Gasteiger partial charge on any atom is -0.329 e. The molecule has 2 aromatic heterocycles.